The molecule has 2 aliphatic carbocycles. The molecule has 2 fully saturated rings. The number of ether oxygens (including phenoxy) is 2. The molecule has 0 spiro atoms. The Hall–Kier alpha value is -6.96. The van der Waals surface area contributed by atoms with Crippen LogP contribution in [0, 0.1) is 33.1 Å². The number of hydrogen-bond donors (Lipinski definition) is 3. The minimum absolute atomic E-state index is 0.00959. The zero-order valence-corrected chi connectivity index (χ0v) is 48.9. The van der Waals surface area contributed by atoms with E-state index in [1.807, 2.05) is 95.0 Å². The van der Waals surface area contributed by atoms with Crippen molar-refractivity contribution < 1.29 is 37.9 Å². The largest absolute Gasteiger partial charge is 0.490 e. The van der Waals surface area contributed by atoms with Crippen LogP contribution >= 0.6 is 34.3 Å². The van der Waals surface area contributed by atoms with Crippen molar-refractivity contribution >= 4 is 80.6 Å². The molecular formula is C60H68ClN9O8S2. The lowest BCUT2D eigenvalue weighted by molar-refractivity contribution is -0.149. The van der Waals surface area contributed by atoms with Gasteiger partial charge in [-0.05, 0) is 99.4 Å². The first-order valence-corrected chi connectivity index (χ1v) is 29.6. The minimum atomic E-state index is -1.10. The lowest BCUT2D eigenvalue weighted by Gasteiger charge is -2.36. The van der Waals surface area contributed by atoms with Gasteiger partial charge in [0.1, 0.15) is 52.5 Å². The van der Waals surface area contributed by atoms with Crippen LogP contribution in [0.2, 0.25) is 0 Å². The molecule has 6 aromatic rings. The van der Waals surface area contributed by atoms with Gasteiger partial charge in [-0.2, -0.15) is 0 Å². The van der Waals surface area contributed by atoms with Gasteiger partial charge in [-0.1, -0.05) is 76.6 Å². The number of rotatable bonds is 17. The zero-order chi connectivity index (χ0) is 56.7. The van der Waals surface area contributed by atoms with Crippen LogP contribution in [-0.4, -0.2) is 102 Å². The van der Waals surface area contributed by atoms with E-state index in [-0.39, 0.29) is 61.0 Å². The second kappa shape index (κ2) is 23.3. The van der Waals surface area contributed by atoms with Gasteiger partial charge < -0.3 is 34.7 Å². The molecule has 2 aliphatic heterocycles. The van der Waals surface area contributed by atoms with Gasteiger partial charge >= 0.3 is 5.97 Å². The molecule has 4 aromatic heterocycles. The van der Waals surface area contributed by atoms with Crippen molar-refractivity contribution in [1.82, 2.24) is 40.6 Å². The zero-order valence-electron chi connectivity index (χ0n) is 46.6. The summed E-state index contributed by atoms with van der Waals surface area (Å²) in [6.45, 7) is 17.5. The number of amides is 4. The third-order valence-electron chi connectivity index (χ3n) is 15.5. The standard InChI is InChI=1S/C60H68ClN9O8S2/c1-10-11-12-50(72)77-44-27-46(56(73)63-32(3)36-13-15-38(16-14-36)53-33(4)62-30-79-53)69(29-44)58(75)54(60(7,8)9)66-57(74)48-24-39-23-42(21-22-47(39)78-48)76-43-25-41(26-43)64-49(71)28-45-55-68-67-35(6)70(55)59-51(31(2)34(5)80-59)52(65-45)37-17-19-40(61)20-18-37/h13-19,21-24,30,32,40-41,43-46,54H,10-12,20,25-29H2,1-9H3,(H,63,73)(H,64,71)(H,66,74)/t32-,40?,41-,43+,44?,45?,46-,54+/m0/s1. The highest BCUT2D eigenvalue weighted by atomic mass is 35.5. The molecule has 17 nitrogen and oxygen atoms in total. The van der Waals surface area contributed by atoms with Gasteiger partial charge in [0.15, 0.2) is 11.6 Å². The SMILES string of the molecule is CCCCC(=O)OC1C[C@@H](C(=O)N[C@@H](C)c2ccc(-c3scnc3C)cc2)N(C(=O)[C@@H](NC(=O)c2cc3cc(O[C@H]4C[C@@H](NC(=O)CC5N=C(C6=CCC(Cl)C=C6)c6c(sc(C)c6C)-n6c(C)nnc65)C4)ccc3o2)C(C)(C)C)C1. The summed E-state index contributed by atoms with van der Waals surface area (Å²) in [7, 11) is 0. The van der Waals surface area contributed by atoms with E-state index < -0.39 is 53.4 Å². The number of hydrogen-bond acceptors (Lipinski definition) is 14. The number of esters is 1. The summed E-state index contributed by atoms with van der Waals surface area (Å²) >= 11 is 9.67. The summed E-state index contributed by atoms with van der Waals surface area (Å²) in [6, 6.07) is 11.7. The van der Waals surface area contributed by atoms with Crippen LogP contribution in [0.25, 0.3) is 26.4 Å². The van der Waals surface area contributed by atoms with Gasteiger partial charge in [0.25, 0.3) is 5.91 Å². The van der Waals surface area contributed by atoms with E-state index in [4.69, 9.17) is 30.5 Å². The van der Waals surface area contributed by atoms with Crippen molar-refractivity contribution in [2.45, 2.75) is 161 Å². The molecule has 4 aliphatic rings. The Morgan fingerprint density at radius 2 is 1.74 bits per heavy atom. The number of aromatic nitrogens is 4. The van der Waals surface area contributed by atoms with Gasteiger partial charge in [-0.25, -0.2) is 4.98 Å². The Morgan fingerprint density at radius 1 is 0.963 bits per heavy atom. The molecule has 3 N–H and O–H groups in total. The summed E-state index contributed by atoms with van der Waals surface area (Å²) in [5, 5.41) is 19.7. The quantitative estimate of drug-likeness (QED) is 0.0577. The number of likely N-dealkylation sites (tertiary alicyclic amines) is 1. The number of aryl methyl sites for hydroxylation is 3. The Kier molecular flexibility index (Phi) is 16.4. The van der Waals surface area contributed by atoms with Gasteiger partial charge in [0.05, 0.1) is 46.2 Å². The van der Waals surface area contributed by atoms with Crippen molar-refractivity contribution in [3.05, 3.63) is 123 Å². The number of fused-ring (bicyclic) bond motifs is 4. The minimum Gasteiger partial charge on any atom is -0.490 e. The van der Waals surface area contributed by atoms with Crippen LogP contribution in [0.5, 0.6) is 5.75 Å². The van der Waals surface area contributed by atoms with E-state index in [0.717, 1.165) is 61.4 Å². The molecule has 80 heavy (non-hydrogen) atoms. The fourth-order valence-electron chi connectivity index (χ4n) is 10.8. The number of thiazole rings is 1. The van der Waals surface area contributed by atoms with E-state index >= 15 is 0 Å². The monoisotopic (exact) mass is 1140 g/mol. The topological polar surface area (TPSA) is 212 Å². The van der Waals surface area contributed by atoms with Gasteiger partial charge in [0.2, 0.25) is 17.7 Å². The highest BCUT2D eigenvalue weighted by molar-refractivity contribution is 7.15. The molecule has 10 rings (SSSR count). The number of nitrogens with zero attached hydrogens (tertiary/aromatic N) is 6. The summed E-state index contributed by atoms with van der Waals surface area (Å²) < 4.78 is 20.3. The van der Waals surface area contributed by atoms with Crippen molar-refractivity contribution in [2.24, 2.45) is 10.4 Å². The highest BCUT2D eigenvalue weighted by Crippen LogP contribution is 2.41. The smallest absolute Gasteiger partial charge is 0.306 e. The summed E-state index contributed by atoms with van der Waals surface area (Å²) in [6.07, 6.45) is 8.99. The number of carbonyl (C=O) groups excluding carboxylic acids is 5. The molecule has 6 heterocycles. The Bertz CT molecular complexity index is 3450. The van der Waals surface area contributed by atoms with Gasteiger partial charge in [0, 0.05) is 47.6 Å². The van der Waals surface area contributed by atoms with E-state index in [1.54, 1.807) is 46.9 Å². The molecule has 4 amide bonds. The maximum atomic E-state index is 14.8. The molecule has 6 atom stereocenters. The number of halogens is 1. The van der Waals surface area contributed by atoms with Gasteiger partial charge in [-0.15, -0.1) is 44.5 Å². The van der Waals surface area contributed by atoms with Crippen molar-refractivity contribution in [3.8, 4) is 21.2 Å². The summed E-state index contributed by atoms with van der Waals surface area (Å²) in [5.41, 5.74) is 8.25. The molecule has 3 unspecified atom stereocenters. The lowest BCUT2D eigenvalue weighted by atomic mass is 9.85. The van der Waals surface area contributed by atoms with Crippen molar-refractivity contribution in [3.63, 3.8) is 0 Å². The van der Waals surface area contributed by atoms with E-state index in [1.165, 1.54) is 9.78 Å². The molecule has 1 saturated heterocycles. The number of benzene rings is 2. The van der Waals surface area contributed by atoms with Crippen LogP contribution in [0.15, 0.2) is 87.3 Å². The first-order valence-electron chi connectivity index (χ1n) is 27.5. The summed E-state index contributed by atoms with van der Waals surface area (Å²) in [5.74, 6) is -0.110. The second-order valence-electron chi connectivity index (χ2n) is 22.5. The second-order valence-corrected chi connectivity index (χ2v) is 25.1. The third kappa shape index (κ3) is 11.9. The maximum absolute atomic E-state index is 14.8. The number of carbonyl (C=O) groups is 5. The maximum Gasteiger partial charge on any atom is 0.306 e. The number of thiophene rings is 1. The fourth-order valence-corrected chi connectivity index (χ4v) is 13.0. The van der Waals surface area contributed by atoms with Crippen LogP contribution in [0.4, 0.5) is 0 Å². The number of unbranched alkanes of at least 4 members (excludes halogenated alkanes) is 1. The fraction of sp³-hybridized carbons (Fsp3) is 0.450. The molecule has 0 radical (unpaired) electrons. The first-order chi connectivity index (χ1) is 38.2. The van der Waals surface area contributed by atoms with Crippen LogP contribution in [0.1, 0.15) is 148 Å². The van der Waals surface area contributed by atoms with E-state index in [0.29, 0.717) is 48.2 Å². The first kappa shape index (κ1) is 56.3. The van der Waals surface area contributed by atoms with E-state index in [9.17, 15) is 24.0 Å². The Balaban J connectivity index is 0.774. The number of allylic oxidation sites excluding steroid dienone is 4. The van der Waals surface area contributed by atoms with Crippen LogP contribution in [0.3, 0.4) is 0 Å². The lowest BCUT2D eigenvalue weighted by Crippen LogP contribution is -2.57. The molecule has 2 aromatic carbocycles. The normalized spacial score (nSPS) is 21.3. The number of nitrogens with one attached hydrogen (secondary N) is 3. The number of furan rings is 1. The average molecular weight is 1140 g/mol. The molecule has 20 heteroatoms. The molecule has 1 saturated carbocycles. The predicted molar refractivity (Wildman–Crippen MR) is 310 cm³/mol. The van der Waals surface area contributed by atoms with Crippen molar-refractivity contribution in [2.75, 3.05) is 6.54 Å². The Morgan fingerprint density at radius 3 is 2.44 bits per heavy atom. The highest BCUT2D eigenvalue weighted by Gasteiger charge is 2.47. The number of alkyl halides is 1. The van der Waals surface area contributed by atoms with Crippen LogP contribution in [-0.2, 0) is 23.9 Å². The van der Waals surface area contributed by atoms with Crippen LogP contribution < -0.4 is 20.7 Å². The summed E-state index contributed by atoms with van der Waals surface area (Å²) in [4.78, 5) is 83.2. The predicted octanol–water partition coefficient (Wildman–Crippen LogP) is 10.6. The third-order valence-corrected chi connectivity index (χ3v) is 18.0. The van der Waals surface area contributed by atoms with Crippen molar-refractivity contribution in [1.29, 1.82) is 0 Å². The molecule has 0 bridgehead atoms. The van der Waals surface area contributed by atoms with Gasteiger partial charge in [-0.3, -0.25) is 33.5 Å². The Labute approximate surface area is 478 Å². The van der Waals surface area contributed by atoms with E-state index in [2.05, 4.69) is 51.1 Å². The molecule has 420 valence electrons. The molecular weight excluding hydrogens is 1070 g/mol. The average Bonchev–Trinajstić information content (AvgIpc) is 4.32. The number of aliphatic imine (C=N–C) groups is 1.